The molecule has 0 aliphatic carbocycles. The minimum Gasteiger partial charge on any atom is -0.478 e. The minimum absolute atomic E-state index is 0.206. The number of hydrogen-bond donors (Lipinski definition) is 4. The lowest BCUT2D eigenvalue weighted by Gasteiger charge is -2.32. The number of anilines is 2. The number of carboxylic acids is 2. The van der Waals surface area contributed by atoms with Gasteiger partial charge in [0, 0.05) is 12.1 Å². The number of nitrogen functional groups attached to an aromatic ring is 1. The van der Waals surface area contributed by atoms with Gasteiger partial charge in [0.15, 0.2) is 0 Å². The molecule has 2 aromatic rings. The molecule has 0 unspecified atom stereocenters. The van der Waals surface area contributed by atoms with Gasteiger partial charge in [-0.05, 0) is 56.9 Å². The molecule has 1 amide bonds. The van der Waals surface area contributed by atoms with Gasteiger partial charge >= 0.3 is 18.0 Å². The maximum absolute atomic E-state index is 12.6. The molecule has 31 heavy (non-hydrogen) atoms. The second-order valence-electron chi connectivity index (χ2n) is 8.18. The summed E-state index contributed by atoms with van der Waals surface area (Å²) in [6.45, 7) is 5.73. The number of nitrogens with two attached hydrogens (primary N) is 1. The van der Waals surface area contributed by atoms with E-state index >= 15 is 0 Å². The zero-order valence-corrected chi connectivity index (χ0v) is 17.3. The first-order chi connectivity index (χ1) is 14.4. The Hall–Kier alpha value is -3.82. The number of fused-ring (bicyclic) bond motifs is 1. The SMILES string of the molecule is CC(C)(C)OC(=O)N1CCCc2cc(-c3c(C(=O)O)c(N)[nH]c(=O)c3C(=O)O)ccc21. The van der Waals surface area contributed by atoms with Crippen molar-refractivity contribution in [2.24, 2.45) is 0 Å². The number of rotatable bonds is 3. The predicted molar refractivity (Wildman–Crippen MR) is 113 cm³/mol. The Morgan fingerprint density at radius 1 is 1.13 bits per heavy atom. The molecule has 0 spiro atoms. The fraction of sp³-hybridized carbons (Fsp3) is 0.333. The summed E-state index contributed by atoms with van der Waals surface area (Å²) in [7, 11) is 0. The van der Waals surface area contributed by atoms with E-state index in [9.17, 15) is 29.4 Å². The molecule has 10 heteroatoms. The molecule has 2 heterocycles. The maximum Gasteiger partial charge on any atom is 0.414 e. The van der Waals surface area contributed by atoms with Gasteiger partial charge in [0.1, 0.15) is 22.5 Å². The van der Waals surface area contributed by atoms with Crippen LogP contribution in [0.5, 0.6) is 0 Å². The largest absolute Gasteiger partial charge is 0.478 e. The second-order valence-corrected chi connectivity index (χ2v) is 8.18. The lowest BCUT2D eigenvalue weighted by Crippen LogP contribution is -2.39. The molecular weight excluding hydrogens is 406 g/mol. The molecule has 164 valence electrons. The first-order valence-corrected chi connectivity index (χ1v) is 9.57. The van der Waals surface area contributed by atoms with Crippen molar-refractivity contribution in [1.82, 2.24) is 4.98 Å². The molecule has 1 aromatic carbocycles. The number of ether oxygens (including phenoxy) is 1. The monoisotopic (exact) mass is 429 g/mol. The van der Waals surface area contributed by atoms with Crippen LogP contribution in [0.25, 0.3) is 11.1 Å². The zero-order valence-electron chi connectivity index (χ0n) is 17.3. The van der Waals surface area contributed by atoms with Crippen molar-refractivity contribution in [2.45, 2.75) is 39.2 Å². The van der Waals surface area contributed by atoms with Crippen LogP contribution in [-0.4, -0.2) is 45.4 Å². The van der Waals surface area contributed by atoms with E-state index in [4.69, 9.17) is 10.5 Å². The highest BCUT2D eigenvalue weighted by Crippen LogP contribution is 2.35. The van der Waals surface area contributed by atoms with Gasteiger partial charge in [-0.2, -0.15) is 0 Å². The number of aromatic carboxylic acids is 2. The Morgan fingerprint density at radius 3 is 2.35 bits per heavy atom. The van der Waals surface area contributed by atoms with Gasteiger partial charge in [0.2, 0.25) is 0 Å². The third-order valence-corrected chi connectivity index (χ3v) is 4.77. The van der Waals surface area contributed by atoms with E-state index < -0.39 is 46.1 Å². The van der Waals surface area contributed by atoms with E-state index in [1.165, 1.54) is 11.0 Å². The third kappa shape index (κ3) is 4.23. The van der Waals surface area contributed by atoms with Crippen molar-refractivity contribution in [3.63, 3.8) is 0 Å². The predicted octanol–water partition coefficient (Wildman–Crippen LogP) is 2.71. The average molecular weight is 429 g/mol. The van der Waals surface area contributed by atoms with Crippen molar-refractivity contribution >= 4 is 29.5 Å². The van der Waals surface area contributed by atoms with Gasteiger partial charge in [0.05, 0.1) is 5.69 Å². The molecule has 0 bridgehead atoms. The molecule has 3 rings (SSSR count). The molecule has 0 fully saturated rings. The Morgan fingerprint density at radius 2 is 1.77 bits per heavy atom. The standard InChI is InChI=1S/C21H23N3O7/c1-21(2,3)31-20(30)24-8-4-5-10-9-11(6-7-12(10)24)13-14(18(26)27)16(22)23-17(25)15(13)19(28)29/h6-7,9H,4-5,8H2,1-3H3,(H,26,27)(H,28,29)(H3,22,23,25). The molecule has 0 saturated carbocycles. The minimum atomic E-state index is -1.58. The fourth-order valence-electron chi connectivity index (χ4n) is 3.59. The van der Waals surface area contributed by atoms with E-state index in [-0.39, 0.29) is 11.1 Å². The summed E-state index contributed by atoms with van der Waals surface area (Å²) in [5.74, 6) is -3.49. The van der Waals surface area contributed by atoms with E-state index in [0.717, 1.165) is 0 Å². The van der Waals surface area contributed by atoms with Crippen molar-refractivity contribution in [1.29, 1.82) is 0 Å². The molecule has 5 N–H and O–H groups in total. The lowest BCUT2D eigenvalue weighted by atomic mass is 9.91. The summed E-state index contributed by atoms with van der Waals surface area (Å²) < 4.78 is 5.45. The Bertz CT molecular complexity index is 1140. The number of amides is 1. The van der Waals surface area contributed by atoms with Crippen LogP contribution in [0, 0.1) is 0 Å². The summed E-state index contributed by atoms with van der Waals surface area (Å²) >= 11 is 0. The van der Waals surface area contributed by atoms with Crippen LogP contribution >= 0.6 is 0 Å². The summed E-state index contributed by atoms with van der Waals surface area (Å²) in [5.41, 5.74) is 3.99. The van der Waals surface area contributed by atoms with Crippen LogP contribution in [0.4, 0.5) is 16.3 Å². The third-order valence-electron chi connectivity index (χ3n) is 4.77. The van der Waals surface area contributed by atoms with E-state index in [1.54, 1.807) is 32.9 Å². The summed E-state index contributed by atoms with van der Waals surface area (Å²) in [6.07, 6.45) is 0.690. The normalized spacial score (nSPS) is 13.5. The van der Waals surface area contributed by atoms with Crippen LogP contribution in [0.3, 0.4) is 0 Å². The summed E-state index contributed by atoms with van der Waals surface area (Å²) in [5, 5.41) is 19.1. The number of aromatic amines is 1. The van der Waals surface area contributed by atoms with E-state index in [1.807, 2.05) is 0 Å². The first kappa shape index (κ1) is 21.9. The van der Waals surface area contributed by atoms with Gasteiger partial charge in [-0.3, -0.25) is 9.69 Å². The van der Waals surface area contributed by atoms with Gasteiger partial charge in [-0.15, -0.1) is 0 Å². The van der Waals surface area contributed by atoms with Crippen LogP contribution < -0.4 is 16.2 Å². The molecular formula is C21H23N3O7. The highest BCUT2D eigenvalue weighted by Gasteiger charge is 2.30. The molecule has 1 aromatic heterocycles. The Kier molecular flexibility index (Phi) is 5.49. The smallest absolute Gasteiger partial charge is 0.414 e. The summed E-state index contributed by atoms with van der Waals surface area (Å²) in [4.78, 5) is 51.9. The molecule has 1 aliphatic heterocycles. The topological polar surface area (TPSA) is 163 Å². The molecule has 0 atom stereocenters. The van der Waals surface area contributed by atoms with Gasteiger partial charge in [-0.25, -0.2) is 14.4 Å². The lowest BCUT2D eigenvalue weighted by molar-refractivity contribution is 0.0576. The van der Waals surface area contributed by atoms with Crippen molar-refractivity contribution in [3.05, 3.63) is 45.2 Å². The van der Waals surface area contributed by atoms with Crippen molar-refractivity contribution in [2.75, 3.05) is 17.2 Å². The van der Waals surface area contributed by atoms with Gasteiger partial charge < -0.3 is 25.7 Å². The number of pyridine rings is 1. The molecule has 0 radical (unpaired) electrons. The summed E-state index contributed by atoms with van der Waals surface area (Å²) in [6, 6.07) is 4.63. The number of H-pyrrole nitrogens is 1. The maximum atomic E-state index is 12.6. The average Bonchev–Trinajstić information content (AvgIpc) is 2.64. The number of nitrogens with zero attached hydrogens (tertiary/aromatic N) is 1. The number of carboxylic acid groups (broad SMARTS) is 2. The highest BCUT2D eigenvalue weighted by atomic mass is 16.6. The van der Waals surface area contributed by atoms with Crippen molar-refractivity contribution in [3.8, 4) is 11.1 Å². The van der Waals surface area contributed by atoms with Gasteiger partial charge in [-0.1, -0.05) is 6.07 Å². The molecule has 10 nitrogen and oxygen atoms in total. The number of carbonyl (C=O) groups excluding carboxylic acids is 1. The van der Waals surface area contributed by atoms with E-state index in [0.29, 0.717) is 30.6 Å². The fourth-order valence-corrected chi connectivity index (χ4v) is 3.59. The van der Waals surface area contributed by atoms with E-state index in [2.05, 4.69) is 4.98 Å². The second kappa shape index (κ2) is 7.78. The number of aryl methyl sites for hydroxylation is 1. The number of benzene rings is 1. The number of nitrogens with one attached hydrogen (secondary N) is 1. The van der Waals surface area contributed by atoms with Crippen LogP contribution in [-0.2, 0) is 11.2 Å². The quantitative estimate of drug-likeness (QED) is 0.578. The van der Waals surface area contributed by atoms with Gasteiger partial charge in [0.25, 0.3) is 5.56 Å². The highest BCUT2D eigenvalue weighted by molar-refractivity contribution is 6.07. The van der Waals surface area contributed by atoms with Crippen LogP contribution in [0.1, 0.15) is 53.5 Å². The first-order valence-electron chi connectivity index (χ1n) is 9.57. The van der Waals surface area contributed by atoms with Crippen molar-refractivity contribution < 1.29 is 29.3 Å². The number of hydrogen-bond acceptors (Lipinski definition) is 6. The van der Waals surface area contributed by atoms with Crippen LogP contribution in [0.15, 0.2) is 23.0 Å². The zero-order chi connectivity index (χ0) is 23.1. The molecule has 0 saturated heterocycles. The van der Waals surface area contributed by atoms with Crippen LogP contribution in [0.2, 0.25) is 0 Å². The number of carbonyl (C=O) groups is 3. The number of aromatic nitrogens is 1. The Balaban J connectivity index is 2.18. The molecule has 1 aliphatic rings. The Labute approximate surface area is 177 Å².